The molecule has 0 aliphatic heterocycles. The van der Waals surface area contributed by atoms with Gasteiger partial charge in [-0.05, 0) is 17.0 Å². The Bertz CT molecular complexity index is 323. The highest BCUT2D eigenvalue weighted by Crippen LogP contribution is 2.16. The highest BCUT2D eigenvalue weighted by Gasteiger charge is 2.04. The number of halogens is 1. The van der Waals surface area contributed by atoms with Gasteiger partial charge in [0.2, 0.25) is 0 Å². The highest BCUT2D eigenvalue weighted by molar-refractivity contribution is 6.31. The number of nitrogens with zero attached hydrogens (tertiary/aromatic N) is 1. The molecule has 0 saturated heterocycles. The van der Waals surface area contributed by atoms with Gasteiger partial charge in [0.1, 0.15) is 0 Å². The Morgan fingerprint density at radius 1 is 1.29 bits per heavy atom. The third kappa shape index (κ3) is 3.93. The quantitative estimate of drug-likeness (QED) is 0.654. The summed E-state index contributed by atoms with van der Waals surface area (Å²) < 4.78 is 0. The lowest BCUT2D eigenvalue weighted by Crippen LogP contribution is -2.06. The van der Waals surface area contributed by atoms with Crippen LogP contribution in [0, 0.1) is 5.41 Å². The van der Waals surface area contributed by atoms with Crippen LogP contribution in [0.2, 0.25) is 5.02 Å². The van der Waals surface area contributed by atoms with Crippen LogP contribution >= 0.6 is 11.6 Å². The first kappa shape index (κ1) is 11.3. The summed E-state index contributed by atoms with van der Waals surface area (Å²) in [6.07, 6.45) is 1.97. The van der Waals surface area contributed by atoms with Crippen molar-refractivity contribution in [2.75, 3.05) is 0 Å². The molecule has 0 saturated carbocycles. The minimum Gasteiger partial charge on any atom is -0.292 e. The van der Waals surface area contributed by atoms with Gasteiger partial charge in [-0.25, -0.2) is 0 Å². The van der Waals surface area contributed by atoms with E-state index in [9.17, 15) is 0 Å². The molecule has 0 aliphatic rings. The van der Waals surface area contributed by atoms with Crippen molar-refractivity contribution in [2.45, 2.75) is 27.3 Å². The monoisotopic (exact) mass is 209 g/mol. The molecule has 0 aromatic heterocycles. The molecule has 0 fully saturated rings. The second kappa shape index (κ2) is 4.61. The van der Waals surface area contributed by atoms with Crippen molar-refractivity contribution in [3.05, 3.63) is 34.9 Å². The van der Waals surface area contributed by atoms with E-state index in [0.29, 0.717) is 6.54 Å². The second-order valence-corrected chi connectivity index (χ2v) is 4.83. The van der Waals surface area contributed by atoms with E-state index in [2.05, 4.69) is 25.8 Å². The SMILES string of the molecule is CC(C)(C)/C=N/Cc1ccccc1Cl. The van der Waals surface area contributed by atoms with E-state index in [-0.39, 0.29) is 5.41 Å². The average molecular weight is 210 g/mol. The summed E-state index contributed by atoms with van der Waals surface area (Å²) in [6, 6.07) is 7.80. The Kier molecular flexibility index (Phi) is 3.70. The van der Waals surface area contributed by atoms with Crippen molar-refractivity contribution in [2.24, 2.45) is 10.4 Å². The van der Waals surface area contributed by atoms with Crippen molar-refractivity contribution < 1.29 is 0 Å². The van der Waals surface area contributed by atoms with Crippen LogP contribution < -0.4 is 0 Å². The molecular formula is C12H16ClN. The fourth-order valence-electron chi connectivity index (χ4n) is 1.04. The Morgan fingerprint density at radius 2 is 1.93 bits per heavy atom. The molecule has 14 heavy (non-hydrogen) atoms. The summed E-state index contributed by atoms with van der Waals surface area (Å²) in [5, 5.41) is 0.790. The molecule has 0 bridgehead atoms. The minimum absolute atomic E-state index is 0.140. The summed E-state index contributed by atoms with van der Waals surface area (Å²) >= 11 is 6.00. The molecule has 0 unspecified atom stereocenters. The molecule has 0 spiro atoms. The largest absolute Gasteiger partial charge is 0.292 e. The molecule has 0 N–H and O–H groups in total. The smallest absolute Gasteiger partial charge is 0.0650 e. The van der Waals surface area contributed by atoms with E-state index in [0.717, 1.165) is 10.6 Å². The van der Waals surface area contributed by atoms with Gasteiger partial charge < -0.3 is 0 Å². The summed E-state index contributed by atoms with van der Waals surface area (Å²) in [7, 11) is 0. The Balaban J connectivity index is 2.63. The zero-order valence-electron chi connectivity index (χ0n) is 8.92. The zero-order valence-corrected chi connectivity index (χ0v) is 9.67. The van der Waals surface area contributed by atoms with Gasteiger partial charge in [0.15, 0.2) is 0 Å². The summed E-state index contributed by atoms with van der Waals surface area (Å²) in [5.41, 5.74) is 1.22. The van der Waals surface area contributed by atoms with E-state index < -0.39 is 0 Å². The molecular weight excluding hydrogens is 194 g/mol. The Labute approximate surface area is 90.8 Å². The Hall–Kier alpha value is -0.820. The average Bonchev–Trinajstić information content (AvgIpc) is 2.06. The number of hydrogen-bond acceptors (Lipinski definition) is 1. The molecule has 76 valence electrons. The summed E-state index contributed by atoms with van der Waals surface area (Å²) in [4.78, 5) is 4.36. The van der Waals surface area contributed by atoms with E-state index >= 15 is 0 Å². The molecule has 2 heteroatoms. The van der Waals surface area contributed by atoms with Crippen LogP contribution in [0.5, 0.6) is 0 Å². The highest BCUT2D eigenvalue weighted by atomic mass is 35.5. The molecule has 0 amide bonds. The van der Waals surface area contributed by atoms with Crippen LogP contribution in [0.4, 0.5) is 0 Å². The van der Waals surface area contributed by atoms with Crippen LogP contribution in [-0.2, 0) is 6.54 Å². The van der Waals surface area contributed by atoms with E-state index in [1.54, 1.807) is 0 Å². The van der Waals surface area contributed by atoms with Gasteiger partial charge in [-0.15, -0.1) is 0 Å². The first-order valence-electron chi connectivity index (χ1n) is 4.73. The molecule has 1 rings (SSSR count). The maximum Gasteiger partial charge on any atom is 0.0650 e. The predicted molar refractivity (Wildman–Crippen MR) is 63.1 cm³/mol. The van der Waals surface area contributed by atoms with E-state index in [1.165, 1.54) is 0 Å². The third-order valence-corrected chi connectivity index (χ3v) is 2.07. The van der Waals surface area contributed by atoms with Crippen LogP contribution in [0.15, 0.2) is 29.3 Å². The molecule has 1 aromatic rings. The normalized spacial score (nSPS) is 12.3. The number of benzene rings is 1. The van der Waals surface area contributed by atoms with Gasteiger partial charge in [0, 0.05) is 11.2 Å². The van der Waals surface area contributed by atoms with Crippen molar-refractivity contribution in [1.82, 2.24) is 0 Å². The maximum atomic E-state index is 6.00. The van der Waals surface area contributed by atoms with Crippen molar-refractivity contribution in [1.29, 1.82) is 0 Å². The number of aliphatic imine (C=N–C) groups is 1. The molecule has 0 atom stereocenters. The van der Waals surface area contributed by atoms with Gasteiger partial charge in [0.05, 0.1) is 6.54 Å². The first-order valence-corrected chi connectivity index (χ1v) is 5.11. The van der Waals surface area contributed by atoms with Gasteiger partial charge in [0.25, 0.3) is 0 Å². The molecule has 0 heterocycles. The summed E-state index contributed by atoms with van der Waals surface area (Å²) in [6.45, 7) is 7.05. The topological polar surface area (TPSA) is 12.4 Å². The van der Waals surface area contributed by atoms with Crippen molar-refractivity contribution in [3.8, 4) is 0 Å². The lowest BCUT2D eigenvalue weighted by atomic mass is 9.99. The van der Waals surface area contributed by atoms with Gasteiger partial charge in [-0.1, -0.05) is 50.6 Å². The second-order valence-electron chi connectivity index (χ2n) is 4.43. The van der Waals surface area contributed by atoms with Gasteiger partial charge >= 0.3 is 0 Å². The van der Waals surface area contributed by atoms with E-state index in [1.807, 2.05) is 30.5 Å². The van der Waals surface area contributed by atoms with E-state index in [4.69, 9.17) is 11.6 Å². The number of hydrogen-bond donors (Lipinski definition) is 0. The standard InChI is InChI=1S/C12H16ClN/c1-12(2,3)9-14-8-10-6-4-5-7-11(10)13/h4-7,9H,8H2,1-3H3/b14-9+. The molecule has 1 nitrogen and oxygen atoms in total. The third-order valence-electron chi connectivity index (χ3n) is 1.70. The minimum atomic E-state index is 0.140. The van der Waals surface area contributed by atoms with Crippen LogP contribution in [-0.4, -0.2) is 6.21 Å². The van der Waals surface area contributed by atoms with Crippen LogP contribution in [0.1, 0.15) is 26.3 Å². The van der Waals surface area contributed by atoms with Gasteiger partial charge in [-0.2, -0.15) is 0 Å². The van der Waals surface area contributed by atoms with Gasteiger partial charge in [-0.3, -0.25) is 4.99 Å². The molecule has 0 radical (unpaired) electrons. The molecule has 1 aromatic carbocycles. The zero-order chi connectivity index (χ0) is 10.6. The fourth-order valence-corrected chi connectivity index (χ4v) is 1.24. The van der Waals surface area contributed by atoms with Crippen molar-refractivity contribution >= 4 is 17.8 Å². The molecule has 0 aliphatic carbocycles. The predicted octanol–water partition coefficient (Wildman–Crippen LogP) is 3.96. The first-order chi connectivity index (χ1) is 6.49. The fraction of sp³-hybridized carbons (Fsp3) is 0.417. The van der Waals surface area contributed by atoms with Crippen LogP contribution in [0.3, 0.4) is 0 Å². The number of rotatable bonds is 2. The maximum absolute atomic E-state index is 6.00. The van der Waals surface area contributed by atoms with Crippen LogP contribution in [0.25, 0.3) is 0 Å². The lowest BCUT2D eigenvalue weighted by molar-refractivity contribution is 0.604. The lowest BCUT2D eigenvalue weighted by Gasteiger charge is -2.10. The van der Waals surface area contributed by atoms with Crippen molar-refractivity contribution in [3.63, 3.8) is 0 Å². The Morgan fingerprint density at radius 3 is 2.50 bits per heavy atom. The summed E-state index contributed by atoms with van der Waals surface area (Å²) in [5.74, 6) is 0.